The minimum Gasteiger partial charge on any atom is -0.358 e. The van der Waals surface area contributed by atoms with Gasteiger partial charge in [0.2, 0.25) is 0 Å². The number of rotatable bonds is 4. The molecule has 0 radical (unpaired) electrons. The van der Waals surface area contributed by atoms with E-state index >= 15 is 0 Å². The molecule has 1 heterocycles. The van der Waals surface area contributed by atoms with Crippen LogP contribution in [-0.4, -0.2) is 4.98 Å². The van der Waals surface area contributed by atoms with Crippen molar-refractivity contribution in [3.8, 4) is 0 Å². The Balaban J connectivity index is 1.84. The molecule has 4 rings (SSSR count). The number of para-hydroxylation sites is 1. The molecule has 0 amide bonds. The highest BCUT2D eigenvalue weighted by Gasteiger charge is 2.18. The maximum atomic E-state index is 6.12. The lowest BCUT2D eigenvalue weighted by Gasteiger charge is -2.15. The van der Waals surface area contributed by atoms with Crippen LogP contribution in [-0.2, 0) is 0 Å². The number of hydrogen-bond donors (Lipinski definition) is 1. The van der Waals surface area contributed by atoms with Gasteiger partial charge >= 0.3 is 0 Å². The highest BCUT2D eigenvalue weighted by atomic mass is 35.5. The molecule has 0 bridgehead atoms. The second kappa shape index (κ2) is 7.64. The number of H-pyrrole nitrogens is 1. The predicted molar refractivity (Wildman–Crippen MR) is 117 cm³/mol. The number of halogens is 2. The highest BCUT2D eigenvalue weighted by Crippen LogP contribution is 2.35. The molecule has 0 aliphatic carbocycles. The van der Waals surface area contributed by atoms with Gasteiger partial charge in [0.25, 0.3) is 0 Å². The van der Waals surface area contributed by atoms with Crippen LogP contribution in [0.2, 0.25) is 10.0 Å². The van der Waals surface area contributed by atoms with Crippen LogP contribution in [0.4, 0.5) is 0 Å². The van der Waals surface area contributed by atoms with Crippen LogP contribution in [0.1, 0.15) is 28.3 Å². The molecule has 134 valence electrons. The van der Waals surface area contributed by atoms with E-state index in [2.05, 4.69) is 60.5 Å². The largest absolute Gasteiger partial charge is 0.358 e. The zero-order chi connectivity index (χ0) is 18.8. The molecule has 1 atom stereocenters. The third-order valence-corrected chi connectivity index (χ3v) is 5.34. The first-order valence-corrected chi connectivity index (χ1v) is 9.64. The quantitative estimate of drug-likeness (QED) is 0.367. The van der Waals surface area contributed by atoms with Gasteiger partial charge < -0.3 is 4.98 Å². The van der Waals surface area contributed by atoms with E-state index in [0.29, 0.717) is 0 Å². The Hall–Kier alpha value is -2.48. The van der Waals surface area contributed by atoms with Crippen LogP contribution in [0.25, 0.3) is 17.0 Å². The Kier molecular flexibility index (Phi) is 5.07. The van der Waals surface area contributed by atoms with E-state index in [1.165, 1.54) is 22.2 Å². The van der Waals surface area contributed by atoms with E-state index in [0.717, 1.165) is 21.1 Å². The Morgan fingerprint density at radius 3 is 2.15 bits per heavy atom. The van der Waals surface area contributed by atoms with Crippen molar-refractivity contribution in [3.63, 3.8) is 0 Å². The van der Waals surface area contributed by atoms with E-state index < -0.39 is 0 Å². The third-order valence-electron chi connectivity index (χ3n) is 4.83. The molecule has 3 heteroatoms. The smallest absolute Gasteiger partial charge is 0.0459 e. The normalized spacial score (nSPS) is 12.7. The molecule has 3 aromatic carbocycles. The molecular weight excluding hydrogens is 373 g/mol. The lowest BCUT2D eigenvalue weighted by molar-refractivity contribution is 1.02. The Bertz CT molecular complexity index is 1090. The third kappa shape index (κ3) is 3.80. The highest BCUT2D eigenvalue weighted by molar-refractivity contribution is 6.30. The maximum absolute atomic E-state index is 6.12. The van der Waals surface area contributed by atoms with Crippen molar-refractivity contribution in [1.82, 2.24) is 4.98 Å². The van der Waals surface area contributed by atoms with Gasteiger partial charge in [-0.3, -0.25) is 0 Å². The molecule has 0 aliphatic rings. The molecule has 1 nitrogen and oxygen atoms in total. The van der Waals surface area contributed by atoms with Gasteiger partial charge in [-0.1, -0.05) is 77.8 Å². The van der Waals surface area contributed by atoms with Crippen LogP contribution in [0.5, 0.6) is 0 Å². The van der Waals surface area contributed by atoms with Gasteiger partial charge in [-0.25, -0.2) is 0 Å². The van der Waals surface area contributed by atoms with Crippen molar-refractivity contribution >= 4 is 40.2 Å². The number of aromatic amines is 1. The van der Waals surface area contributed by atoms with Crippen molar-refractivity contribution in [3.05, 3.63) is 111 Å². The molecule has 4 aromatic rings. The topological polar surface area (TPSA) is 15.8 Å². The van der Waals surface area contributed by atoms with Crippen LogP contribution in [0.3, 0.4) is 0 Å². The molecule has 0 fully saturated rings. The first-order chi connectivity index (χ1) is 13.1. The van der Waals surface area contributed by atoms with Gasteiger partial charge in [-0.15, -0.1) is 0 Å². The summed E-state index contributed by atoms with van der Waals surface area (Å²) in [6, 6.07) is 24.4. The van der Waals surface area contributed by atoms with Gasteiger partial charge in [-0.2, -0.15) is 0 Å². The number of aromatic nitrogens is 1. The first kappa shape index (κ1) is 17.9. The molecule has 1 aromatic heterocycles. The van der Waals surface area contributed by atoms with Crippen LogP contribution in [0.15, 0.2) is 78.9 Å². The first-order valence-electron chi connectivity index (χ1n) is 8.88. The van der Waals surface area contributed by atoms with E-state index in [1.807, 2.05) is 36.4 Å². The monoisotopic (exact) mass is 391 g/mol. The second-order valence-corrected chi connectivity index (χ2v) is 7.52. The summed E-state index contributed by atoms with van der Waals surface area (Å²) in [4.78, 5) is 3.52. The SMILES string of the molecule is Cc1[nH]c2ccccc2c1C(/C=C/c1ccc(Cl)cc1)c1ccc(Cl)cc1. The molecule has 0 saturated heterocycles. The number of benzene rings is 3. The van der Waals surface area contributed by atoms with Crippen molar-refractivity contribution < 1.29 is 0 Å². The standard InChI is InChI=1S/C24H19Cl2N/c1-16-24(22-4-2-3-5-23(22)27-16)21(18-9-13-20(26)14-10-18)15-8-17-6-11-19(25)12-7-17/h2-15,21,27H,1H3/b15-8+. The number of aryl methyl sites for hydroxylation is 1. The minimum atomic E-state index is 0.120. The average Bonchev–Trinajstić information content (AvgIpc) is 3.01. The summed E-state index contributed by atoms with van der Waals surface area (Å²) in [6.07, 6.45) is 4.39. The van der Waals surface area contributed by atoms with Gasteiger partial charge in [-0.05, 0) is 53.9 Å². The van der Waals surface area contributed by atoms with Gasteiger partial charge in [0.1, 0.15) is 0 Å². The number of fused-ring (bicyclic) bond motifs is 1. The predicted octanol–water partition coefficient (Wildman–Crippen LogP) is 7.63. The molecule has 1 unspecified atom stereocenters. The summed E-state index contributed by atoms with van der Waals surface area (Å²) in [6.45, 7) is 2.13. The molecule has 27 heavy (non-hydrogen) atoms. The number of allylic oxidation sites excluding steroid dienone is 1. The van der Waals surface area contributed by atoms with Crippen LogP contribution >= 0.6 is 23.2 Å². The van der Waals surface area contributed by atoms with Crippen LogP contribution < -0.4 is 0 Å². The maximum Gasteiger partial charge on any atom is 0.0459 e. The Morgan fingerprint density at radius 1 is 0.815 bits per heavy atom. The van der Waals surface area contributed by atoms with Gasteiger partial charge in [0.15, 0.2) is 0 Å². The van der Waals surface area contributed by atoms with Crippen molar-refractivity contribution in [1.29, 1.82) is 0 Å². The van der Waals surface area contributed by atoms with Crippen molar-refractivity contribution in [2.75, 3.05) is 0 Å². The number of nitrogens with one attached hydrogen (secondary N) is 1. The van der Waals surface area contributed by atoms with Crippen molar-refractivity contribution in [2.24, 2.45) is 0 Å². The molecule has 0 aliphatic heterocycles. The minimum absolute atomic E-state index is 0.120. The summed E-state index contributed by atoms with van der Waals surface area (Å²) < 4.78 is 0. The zero-order valence-electron chi connectivity index (χ0n) is 14.9. The Labute approximate surface area is 169 Å². The number of hydrogen-bond acceptors (Lipinski definition) is 0. The molecular formula is C24H19Cl2N. The molecule has 0 saturated carbocycles. The lowest BCUT2D eigenvalue weighted by Crippen LogP contribution is -1.99. The summed E-state index contributed by atoms with van der Waals surface area (Å²) in [5.74, 6) is 0.120. The fourth-order valence-corrected chi connectivity index (χ4v) is 3.78. The molecule has 1 N–H and O–H groups in total. The van der Waals surface area contributed by atoms with Gasteiger partial charge in [0.05, 0.1) is 0 Å². The van der Waals surface area contributed by atoms with Crippen LogP contribution in [0, 0.1) is 6.92 Å². The average molecular weight is 392 g/mol. The van der Waals surface area contributed by atoms with E-state index in [-0.39, 0.29) is 5.92 Å². The summed E-state index contributed by atoms with van der Waals surface area (Å²) >= 11 is 12.1. The zero-order valence-corrected chi connectivity index (χ0v) is 16.4. The van der Waals surface area contributed by atoms with Crippen molar-refractivity contribution in [2.45, 2.75) is 12.8 Å². The van der Waals surface area contributed by atoms with E-state index in [1.54, 1.807) is 0 Å². The fourth-order valence-electron chi connectivity index (χ4n) is 3.52. The van der Waals surface area contributed by atoms with E-state index in [4.69, 9.17) is 23.2 Å². The van der Waals surface area contributed by atoms with E-state index in [9.17, 15) is 0 Å². The summed E-state index contributed by atoms with van der Waals surface area (Å²) in [5.41, 5.74) is 5.95. The van der Waals surface area contributed by atoms with Gasteiger partial charge in [0, 0.05) is 32.6 Å². The Morgan fingerprint density at radius 2 is 1.44 bits per heavy atom. The summed E-state index contributed by atoms with van der Waals surface area (Å²) in [7, 11) is 0. The molecule has 0 spiro atoms. The lowest BCUT2D eigenvalue weighted by atomic mass is 9.88. The fraction of sp³-hybridized carbons (Fsp3) is 0.0833. The summed E-state index contributed by atoms with van der Waals surface area (Å²) in [5, 5.41) is 2.74. The second-order valence-electron chi connectivity index (χ2n) is 6.65.